The molecule has 3 aromatic rings. The number of pyridine rings is 2. The smallest absolute Gasteiger partial charge is 0.155 e. The Labute approximate surface area is 111 Å². The number of aryl methyl sites for hydroxylation is 1. The molecule has 3 heterocycles. The van der Waals surface area contributed by atoms with Crippen LogP contribution in [-0.4, -0.2) is 19.7 Å². The van der Waals surface area contributed by atoms with Gasteiger partial charge in [-0.3, -0.25) is 0 Å². The number of aromatic nitrogens is 4. The van der Waals surface area contributed by atoms with Gasteiger partial charge in [-0.15, -0.1) is 0 Å². The third-order valence-corrected chi connectivity index (χ3v) is 2.64. The molecular formula is C14H13N5. The van der Waals surface area contributed by atoms with Gasteiger partial charge in [0.1, 0.15) is 11.6 Å². The highest BCUT2D eigenvalue weighted by atomic mass is 15.3. The zero-order chi connectivity index (χ0) is 13.1. The van der Waals surface area contributed by atoms with E-state index in [-0.39, 0.29) is 0 Å². The molecule has 0 bridgehead atoms. The summed E-state index contributed by atoms with van der Waals surface area (Å²) in [5.74, 6) is 2.28. The van der Waals surface area contributed by atoms with E-state index in [0.29, 0.717) is 0 Å². The summed E-state index contributed by atoms with van der Waals surface area (Å²) in [6.45, 7) is 2.01. The first-order valence-corrected chi connectivity index (χ1v) is 5.98. The fraction of sp³-hybridized carbons (Fsp3) is 0.0714. The summed E-state index contributed by atoms with van der Waals surface area (Å²) in [4.78, 5) is 8.77. The fourth-order valence-corrected chi connectivity index (χ4v) is 1.70. The van der Waals surface area contributed by atoms with Gasteiger partial charge in [-0.2, -0.15) is 5.10 Å². The van der Waals surface area contributed by atoms with Gasteiger partial charge in [-0.25, -0.2) is 14.6 Å². The van der Waals surface area contributed by atoms with Crippen LogP contribution in [0.15, 0.2) is 55.0 Å². The number of hydrogen-bond donors (Lipinski definition) is 1. The van der Waals surface area contributed by atoms with Crippen LogP contribution in [0.4, 0.5) is 11.6 Å². The lowest BCUT2D eigenvalue weighted by atomic mass is 10.3. The first-order valence-electron chi connectivity index (χ1n) is 5.98. The number of nitrogens with zero attached hydrogens (tertiary/aromatic N) is 4. The van der Waals surface area contributed by atoms with Crippen LogP contribution in [0.5, 0.6) is 0 Å². The van der Waals surface area contributed by atoms with E-state index >= 15 is 0 Å². The number of rotatable bonds is 3. The van der Waals surface area contributed by atoms with Crippen molar-refractivity contribution in [3.05, 3.63) is 60.6 Å². The average molecular weight is 251 g/mol. The molecule has 1 N–H and O–H groups in total. The largest absolute Gasteiger partial charge is 0.325 e. The van der Waals surface area contributed by atoms with Crippen LogP contribution in [0.3, 0.4) is 0 Å². The highest BCUT2D eigenvalue weighted by Crippen LogP contribution is 2.14. The molecule has 0 fully saturated rings. The first kappa shape index (κ1) is 11.4. The van der Waals surface area contributed by atoms with Crippen LogP contribution >= 0.6 is 0 Å². The lowest BCUT2D eigenvalue weighted by molar-refractivity contribution is 0.848. The van der Waals surface area contributed by atoms with E-state index < -0.39 is 0 Å². The Morgan fingerprint density at radius 2 is 2.00 bits per heavy atom. The Morgan fingerprint density at radius 3 is 2.74 bits per heavy atom. The molecule has 0 amide bonds. The summed E-state index contributed by atoms with van der Waals surface area (Å²) in [6.07, 6.45) is 5.40. The Balaban J connectivity index is 1.85. The van der Waals surface area contributed by atoms with E-state index in [9.17, 15) is 0 Å². The van der Waals surface area contributed by atoms with Gasteiger partial charge in [0.2, 0.25) is 0 Å². The van der Waals surface area contributed by atoms with E-state index in [1.165, 1.54) is 0 Å². The maximum atomic E-state index is 4.48. The molecule has 5 heteroatoms. The van der Waals surface area contributed by atoms with E-state index in [1.54, 1.807) is 10.9 Å². The minimum atomic E-state index is 0.740. The van der Waals surface area contributed by atoms with Gasteiger partial charge < -0.3 is 5.32 Å². The molecule has 94 valence electrons. The van der Waals surface area contributed by atoms with E-state index in [2.05, 4.69) is 20.4 Å². The van der Waals surface area contributed by atoms with Crippen molar-refractivity contribution in [2.45, 2.75) is 6.92 Å². The molecule has 3 rings (SSSR count). The zero-order valence-electron chi connectivity index (χ0n) is 10.5. The molecule has 0 spiro atoms. The topological polar surface area (TPSA) is 55.6 Å². The normalized spacial score (nSPS) is 10.4. The quantitative estimate of drug-likeness (QED) is 0.777. The second kappa shape index (κ2) is 4.89. The molecule has 0 atom stereocenters. The van der Waals surface area contributed by atoms with Crippen molar-refractivity contribution in [2.24, 2.45) is 0 Å². The van der Waals surface area contributed by atoms with Crippen molar-refractivity contribution in [3.8, 4) is 5.82 Å². The monoisotopic (exact) mass is 251 g/mol. The van der Waals surface area contributed by atoms with Crippen molar-refractivity contribution < 1.29 is 0 Å². The fourth-order valence-electron chi connectivity index (χ4n) is 1.70. The Kier molecular flexibility index (Phi) is 2.94. The summed E-state index contributed by atoms with van der Waals surface area (Å²) >= 11 is 0. The number of nitrogens with one attached hydrogen (secondary N) is 1. The first-order chi connectivity index (χ1) is 9.31. The molecular weight excluding hydrogens is 238 g/mol. The minimum absolute atomic E-state index is 0.740. The van der Waals surface area contributed by atoms with Crippen molar-refractivity contribution in [3.63, 3.8) is 0 Å². The molecule has 5 nitrogen and oxygen atoms in total. The Bertz CT molecular complexity index is 659. The van der Waals surface area contributed by atoms with Crippen molar-refractivity contribution in [2.75, 3.05) is 5.32 Å². The van der Waals surface area contributed by atoms with Gasteiger partial charge in [0.25, 0.3) is 0 Å². The molecule has 0 saturated carbocycles. The lowest BCUT2D eigenvalue weighted by Crippen LogP contribution is -2.01. The summed E-state index contributed by atoms with van der Waals surface area (Å²) in [6, 6.07) is 11.5. The molecule has 0 aliphatic heterocycles. The summed E-state index contributed by atoms with van der Waals surface area (Å²) in [7, 11) is 0. The van der Waals surface area contributed by atoms with Crippen LogP contribution in [0.1, 0.15) is 5.56 Å². The molecule has 19 heavy (non-hydrogen) atoms. The lowest BCUT2D eigenvalue weighted by Gasteiger charge is -2.07. The molecule has 0 radical (unpaired) electrons. The van der Waals surface area contributed by atoms with Gasteiger partial charge in [0.05, 0.1) is 0 Å². The number of hydrogen-bond acceptors (Lipinski definition) is 4. The van der Waals surface area contributed by atoms with Gasteiger partial charge in [-0.1, -0.05) is 12.1 Å². The third kappa shape index (κ3) is 2.60. The van der Waals surface area contributed by atoms with Gasteiger partial charge in [0.15, 0.2) is 5.82 Å². The summed E-state index contributed by atoms with van der Waals surface area (Å²) in [5, 5.41) is 7.33. The van der Waals surface area contributed by atoms with Crippen LogP contribution in [0.2, 0.25) is 0 Å². The molecule has 0 aliphatic rings. The SMILES string of the molecule is Cc1ccc(Nc2cccc(-n3cccn3)n2)nc1. The molecule has 0 aromatic carbocycles. The van der Waals surface area contributed by atoms with Crippen LogP contribution in [0.25, 0.3) is 5.82 Å². The molecule has 3 aromatic heterocycles. The highest BCUT2D eigenvalue weighted by Gasteiger charge is 2.01. The zero-order valence-corrected chi connectivity index (χ0v) is 10.5. The second-order valence-electron chi connectivity index (χ2n) is 4.18. The van der Waals surface area contributed by atoms with E-state index in [4.69, 9.17) is 0 Å². The van der Waals surface area contributed by atoms with E-state index in [1.807, 2.05) is 55.7 Å². The van der Waals surface area contributed by atoms with Crippen LogP contribution in [0, 0.1) is 6.92 Å². The maximum Gasteiger partial charge on any atom is 0.155 e. The third-order valence-electron chi connectivity index (χ3n) is 2.64. The van der Waals surface area contributed by atoms with Gasteiger partial charge >= 0.3 is 0 Å². The second-order valence-corrected chi connectivity index (χ2v) is 4.18. The predicted molar refractivity (Wildman–Crippen MR) is 73.6 cm³/mol. The highest BCUT2D eigenvalue weighted by molar-refractivity contribution is 5.52. The van der Waals surface area contributed by atoms with Crippen LogP contribution in [-0.2, 0) is 0 Å². The van der Waals surface area contributed by atoms with Gasteiger partial charge in [-0.05, 0) is 36.8 Å². The minimum Gasteiger partial charge on any atom is -0.325 e. The van der Waals surface area contributed by atoms with Crippen molar-refractivity contribution >= 4 is 11.6 Å². The predicted octanol–water partition coefficient (Wildman–Crippen LogP) is 2.71. The molecule has 0 saturated heterocycles. The Hall–Kier alpha value is -2.69. The Morgan fingerprint density at radius 1 is 1.05 bits per heavy atom. The number of anilines is 2. The average Bonchev–Trinajstić information content (AvgIpc) is 2.96. The molecule has 0 unspecified atom stereocenters. The van der Waals surface area contributed by atoms with Crippen LogP contribution < -0.4 is 5.32 Å². The van der Waals surface area contributed by atoms with E-state index in [0.717, 1.165) is 23.0 Å². The van der Waals surface area contributed by atoms with Crippen molar-refractivity contribution in [1.29, 1.82) is 0 Å². The van der Waals surface area contributed by atoms with Gasteiger partial charge in [0, 0.05) is 18.6 Å². The molecule has 0 aliphatic carbocycles. The van der Waals surface area contributed by atoms with Crippen molar-refractivity contribution in [1.82, 2.24) is 19.7 Å². The summed E-state index contributed by atoms with van der Waals surface area (Å²) < 4.78 is 1.72. The maximum absolute atomic E-state index is 4.48. The standard InChI is InChI=1S/C14H13N5/c1-11-6-7-12(15-10-11)17-13-4-2-5-14(18-13)19-9-3-8-16-19/h2-10H,1H3,(H,15,17,18). The summed E-state index contributed by atoms with van der Waals surface area (Å²) in [5.41, 5.74) is 1.13.